The predicted molar refractivity (Wildman–Crippen MR) is 146 cm³/mol. The molecule has 1 aliphatic carbocycles. The van der Waals surface area contributed by atoms with Crippen molar-refractivity contribution in [3.8, 4) is 11.5 Å². The van der Waals surface area contributed by atoms with Gasteiger partial charge in [-0.25, -0.2) is 0 Å². The van der Waals surface area contributed by atoms with Gasteiger partial charge in [0.2, 0.25) is 5.91 Å². The number of carbonyl (C=O) groups excluding carboxylic acids is 3. The first-order valence-electron chi connectivity index (χ1n) is 12.4. The molecular formula is C27H31N5O5S. The van der Waals surface area contributed by atoms with Gasteiger partial charge < -0.3 is 26.3 Å². The van der Waals surface area contributed by atoms with Crippen molar-refractivity contribution in [2.45, 2.75) is 44.7 Å². The highest BCUT2D eigenvalue weighted by molar-refractivity contribution is 7.09. The molecule has 3 aromatic rings. The fraction of sp³-hybridized carbons (Fsp3) is 0.333. The van der Waals surface area contributed by atoms with Crippen molar-refractivity contribution in [1.82, 2.24) is 9.69 Å². The van der Waals surface area contributed by atoms with Gasteiger partial charge in [0.1, 0.15) is 22.4 Å². The number of primary amides is 1. The summed E-state index contributed by atoms with van der Waals surface area (Å²) in [6.45, 7) is 2.38. The Balaban J connectivity index is 1.85. The molecule has 1 unspecified atom stereocenters. The molecular weight excluding hydrogens is 506 g/mol. The topological polar surface area (TPSA) is 150 Å². The molecule has 10 nitrogen and oxygen atoms in total. The lowest BCUT2D eigenvalue weighted by atomic mass is 10.0. The maximum Gasteiger partial charge on any atom is 0.273 e. The predicted octanol–water partition coefficient (Wildman–Crippen LogP) is 3.68. The van der Waals surface area contributed by atoms with E-state index < -0.39 is 17.9 Å². The van der Waals surface area contributed by atoms with Gasteiger partial charge in [0.05, 0.1) is 19.4 Å². The highest BCUT2D eigenvalue weighted by atomic mass is 32.1. The van der Waals surface area contributed by atoms with E-state index in [0.717, 1.165) is 37.2 Å². The lowest BCUT2D eigenvalue weighted by Gasteiger charge is -2.32. The SMILES string of the molecule is CCOc1ccc(C(C(=O)NC2CCCC2)N(C(=O)c2snc(C(N)=O)c2N)c2cccc(OC)c2)cc1. The van der Waals surface area contributed by atoms with Crippen LogP contribution < -0.4 is 31.2 Å². The normalized spacial score (nSPS) is 14.1. The first-order chi connectivity index (χ1) is 18.3. The number of anilines is 2. The van der Waals surface area contributed by atoms with Crippen molar-refractivity contribution < 1.29 is 23.9 Å². The van der Waals surface area contributed by atoms with Gasteiger partial charge in [-0.3, -0.25) is 19.3 Å². The average molecular weight is 538 g/mol. The second kappa shape index (κ2) is 12.0. The molecule has 0 aliphatic heterocycles. The zero-order valence-corrected chi connectivity index (χ0v) is 22.1. The van der Waals surface area contributed by atoms with Crippen molar-refractivity contribution in [3.05, 3.63) is 64.7 Å². The summed E-state index contributed by atoms with van der Waals surface area (Å²) in [5.41, 5.74) is 12.2. The third-order valence-corrected chi connectivity index (χ3v) is 7.27. The molecule has 1 saturated carbocycles. The van der Waals surface area contributed by atoms with Gasteiger partial charge >= 0.3 is 0 Å². The van der Waals surface area contributed by atoms with Crippen molar-refractivity contribution in [2.24, 2.45) is 5.73 Å². The van der Waals surface area contributed by atoms with E-state index in [1.807, 2.05) is 6.92 Å². The lowest BCUT2D eigenvalue weighted by Crippen LogP contribution is -2.46. The third kappa shape index (κ3) is 5.72. The number of ether oxygens (including phenoxy) is 2. The minimum Gasteiger partial charge on any atom is -0.497 e. The zero-order valence-electron chi connectivity index (χ0n) is 21.3. The second-order valence-electron chi connectivity index (χ2n) is 8.91. The number of methoxy groups -OCH3 is 1. The Kier molecular flexibility index (Phi) is 8.47. The summed E-state index contributed by atoms with van der Waals surface area (Å²) in [4.78, 5) is 41.2. The lowest BCUT2D eigenvalue weighted by molar-refractivity contribution is -0.123. The van der Waals surface area contributed by atoms with E-state index in [9.17, 15) is 14.4 Å². The van der Waals surface area contributed by atoms with Crippen molar-refractivity contribution in [1.29, 1.82) is 0 Å². The summed E-state index contributed by atoms with van der Waals surface area (Å²) in [5.74, 6) is -0.635. The van der Waals surface area contributed by atoms with Crippen molar-refractivity contribution in [2.75, 3.05) is 24.4 Å². The number of hydrogen-bond acceptors (Lipinski definition) is 8. The second-order valence-corrected chi connectivity index (χ2v) is 9.68. The molecule has 1 aliphatic rings. The molecule has 200 valence electrons. The van der Waals surface area contributed by atoms with Crippen LogP contribution in [0.4, 0.5) is 11.4 Å². The summed E-state index contributed by atoms with van der Waals surface area (Å²) < 4.78 is 15.0. The molecule has 5 N–H and O–H groups in total. The molecule has 1 aromatic heterocycles. The Morgan fingerprint density at radius 1 is 1.13 bits per heavy atom. The summed E-state index contributed by atoms with van der Waals surface area (Å²) in [6.07, 6.45) is 3.81. The average Bonchev–Trinajstić information content (AvgIpc) is 3.57. The van der Waals surface area contributed by atoms with Crippen LogP contribution in [-0.4, -0.2) is 41.9 Å². The van der Waals surface area contributed by atoms with Crippen LogP contribution in [0.1, 0.15) is 64.4 Å². The van der Waals surface area contributed by atoms with Gasteiger partial charge in [-0.1, -0.05) is 31.0 Å². The van der Waals surface area contributed by atoms with E-state index in [4.69, 9.17) is 20.9 Å². The van der Waals surface area contributed by atoms with Gasteiger partial charge in [-0.15, -0.1) is 0 Å². The fourth-order valence-electron chi connectivity index (χ4n) is 4.56. The van der Waals surface area contributed by atoms with Crippen LogP contribution >= 0.6 is 11.5 Å². The van der Waals surface area contributed by atoms with E-state index in [2.05, 4.69) is 9.69 Å². The highest BCUT2D eigenvalue weighted by Gasteiger charge is 2.37. The summed E-state index contributed by atoms with van der Waals surface area (Å²) in [5, 5.41) is 3.13. The number of carbonyl (C=O) groups is 3. The van der Waals surface area contributed by atoms with Gasteiger partial charge in [0.25, 0.3) is 11.8 Å². The van der Waals surface area contributed by atoms with Gasteiger partial charge in [-0.2, -0.15) is 4.37 Å². The van der Waals surface area contributed by atoms with Crippen molar-refractivity contribution in [3.63, 3.8) is 0 Å². The van der Waals surface area contributed by atoms with E-state index in [-0.39, 0.29) is 28.2 Å². The molecule has 0 spiro atoms. The molecule has 11 heteroatoms. The molecule has 4 rings (SSSR count). The summed E-state index contributed by atoms with van der Waals surface area (Å²) in [6, 6.07) is 12.8. The van der Waals surface area contributed by atoms with Crippen LogP contribution in [0.2, 0.25) is 0 Å². The fourth-order valence-corrected chi connectivity index (χ4v) is 5.31. The quantitative estimate of drug-likeness (QED) is 0.357. The Labute approximate surface area is 225 Å². The third-order valence-electron chi connectivity index (χ3n) is 6.42. The maximum atomic E-state index is 14.1. The molecule has 1 heterocycles. The van der Waals surface area contributed by atoms with Crippen LogP contribution in [0, 0.1) is 0 Å². The Morgan fingerprint density at radius 2 is 1.84 bits per heavy atom. The number of nitrogens with one attached hydrogen (secondary N) is 1. The maximum absolute atomic E-state index is 14.1. The summed E-state index contributed by atoms with van der Waals surface area (Å²) in [7, 11) is 1.52. The van der Waals surface area contributed by atoms with Gasteiger partial charge in [0, 0.05) is 17.8 Å². The largest absolute Gasteiger partial charge is 0.497 e. The molecule has 0 saturated heterocycles. The Morgan fingerprint density at radius 3 is 2.45 bits per heavy atom. The number of nitrogens with two attached hydrogens (primary N) is 2. The van der Waals surface area contributed by atoms with Gasteiger partial charge in [0.15, 0.2) is 5.69 Å². The molecule has 3 amide bonds. The molecule has 1 fully saturated rings. The van der Waals surface area contributed by atoms with Crippen molar-refractivity contribution >= 4 is 40.6 Å². The van der Waals surface area contributed by atoms with E-state index >= 15 is 0 Å². The van der Waals surface area contributed by atoms with Crippen LogP contribution in [0.25, 0.3) is 0 Å². The number of nitrogens with zero attached hydrogens (tertiary/aromatic N) is 2. The highest BCUT2D eigenvalue weighted by Crippen LogP contribution is 2.35. The molecule has 2 aromatic carbocycles. The van der Waals surface area contributed by atoms with Gasteiger partial charge in [-0.05, 0) is 61.1 Å². The number of hydrogen-bond donors (Lipinski definition) is 3. The number of amides is 3. The first kappa shape index (κ1) is 26.9. The van der Waals surface area contributed by atoms with Crippen LogP contribution in [-0.2, 0) is 4.79 Å². The Hall–Kier alpha value is -4.12. The van der Waals surface area contributed by atoms with Crippen LogP contribution in [0.5, 0.6) is 11.5 Å². The minimum atomic E-state index is -1.07. The van der Waals surface area contributed by atoms with E-state index in [0.29, 0.717) is 29.4 Å². The number of rotatable bonds is 10. The minimum absolute atomic E-state index is 0.00576. The number of aromatic nitrogens is 1. The first-order valence-corrected chi connectivity index (χ1v) is 13.2. The monoisotopic (exact) mass is 537 g/mol. The number of benzene rings is 2. The Bertz CT molecular complexity index is 1300. The zero-order chi connectivity index (χ0) is 27.2. The van der Waals surface area contributed by atoms with Crippen LogP contribution in [0.3, 0.4) is 0 Å². The number of nitrogen functional groups attached to an aromatic ring is 1. The van der Waals surface area contributed by atoms with E-state index in [1.165, 1.54) is 12.0 Å². The van der Waals surface area contributed by atoms with Crippen LogP contribution in [0.15, 0.2) is 48.5 Å². The standard InChI is InChI=1S/C27H31N5O5S/c1-3-37-19-13-11-16(12-14-19)23(26(34)30-17-7-4-5-8-17)32(18-9-6-10-20(15-18)36-2)27(35)24-21(28)22(25(29)33)31-38-24/h6,9-15,17,23H,3-5,7-8,28H2,1-2H3,(H2,29,33)(H,30,34). The van der Waals surface area contributed by atoms with E-state index in [1.54, 1.807) is 48.5 Å². The smallest absolute Gasteiger partial charge is 0.273 e. The molecule has 1 atom stereocenters. The molecule has 0 radical (unpaired) electrons. The molecule has 38 heavy (non-hydrogen) atoms. The summed E-state index contributed by atoms with van der Waals surface area (Å²) >= 11 is 0.762. The molecule has 0 bridgehead atoms.